The zero-order valence-electron chi connectivity index (χ0n) is 8.39. The van der Waals surface area contributed by atoms with E-state index in [1.807, 2.05) is 26.1 Å². The van der Waals surface area contributed by atoms with Gasteiger partial charge in [0.2, 0.25) is 0 Å². The summed E-state index contributed by atoms with van der Waals surface area (Å²) in [6.45, 7) is 2.64. The summed E-state index contributed by atoms with van der Waals surface area (Å²) in [7, 11) is 1.86. The van der Waals surface area contributed by atoms with Crippen LogP contribution in [0.2, 0.25) is 0 Å². The van der Waals surface area contributed by atoms with Crippen molar-refractivity contribution in [2.24, 2.45) is 0 Å². The van der Waals surface area contributed by atoms with Crippen LogP contribution in [0.1, 0.15) is 16.7 Å². The predicted octanol–water partition coefficient (Wildman–Crippen LogP) is 1.44. The lowest BCUT2D eigenvalue weighted by Crippen LogP contribution is -2.04. The van der Waals surface area contributed by atoms with Gasteiger partial charge in [0.15, 0.2) is 0 Å². The van der Waals surface area contributed by atoms with E-state index < -0.39 is 0 Å². The summed E-state index contributed by atoms with van der Waals surface area (Å²) in [5.41, 5.74) is 2.72. The number of hydrogen-bond acceptors (Lipinski definition) is 2. The average molecular weight is 184 g/mol. The molecule has 0 aliphatic carbocycles. The minimum absolute atomic E-state index is 0.680. The fraction of sp³-hybridized carbons (Fsp3) is 0.250. The smallest absolute Gasteiger partial charge is 0.0991 e. The summed E-state index contributed by atoms with van der Waals surface area (Å²) in [5, 5.41) is 11.6. The molecule has 14 heavy (non-hydrogen) atoms. The number of nitrogens with one attached hydrogen (secondary N) is 1. The lowest BCUT2D eigenvalue weighted by Gasteiger charge is -1.97. The second kappa shape index (κ2) is 5.07. The zero-order valence-corrected chi connectivity index (χ0v) is 8.39. The molecule has 0 bridgehead atoms. The number of benzene rings is 1. The molecular weight excluding hydrogens is 172 g/mol. The van der Waals surface area contributed by atoms with Crippen molar-refractivity contribution in [3.05, 3.63) is 34.9 Å². The highest BCUT2D eigenvalue weighted by Crippen LogP contribution is 2.08. The number of hydrogen-bond donors (Lipinski definition) is 1. The summed E-state index contributed by atoms with van der Waals surface area (Å²) >= 11 is 0. The molecule has 0 spiro atoms. The average Bonchev–Trinajstić information content (AvgIpc) is 2.20. The topological polar surface area (TPSA) is 35.8 Å². The largest absolute Gasteiger partial charge is 0.309 e. The maximum Gasteiger partial charge on any atom is 0.0991 e. The van der Waals surface area contributed by atoms with Gasteiger partial charge in [-0.1, -0.05) is 11.8 Å². The third-order valence-corrected chi connectivity index (χ3v) is 1.84. The van der Waals surface area contributed by atoms with Crippen LogP contribution in [0.25, 0.3) is 0 Å². The van der Waals surface area contributed by atoms with Gasteiger partial charge in [0, 0.05) is 5.56 Å². The maximum absolute atomic E-state index is 8.67. The van der Waals surface area contributed by atoms with Crippen LogP contribution in [0, 0.1) is 30.1 Å². The Morgan fingerprint density at radius 3 is 2.79 bits per heavy atom. The van der Waals surface area contributed by atoms with Crippen molar-refractivity contribution in [1.82, 2.24) is 5.32 Å². The van der Waals surface area contributed by atoms with E-state index in [-0.39, 0.29) is 0 Å². The summed E-state index contributed by atoms with van der Waals surface area (Å²) in [5.74, 6) is 6.03. The molecule has 0 atom stereocenters. The summed E-state index contributed by atoms with van der Waals surface area (Å²) in [4.78, 5) is 0. The minimum atomic E-state index is 0.680. The van der Waals surface area contributed by atoms with Crippen LogP contribution in [0.15, 0.2) is 18.2 Å². The summed E-state index contributed by atoms with van der Waals surface area (Å²) in [6, 6.07) is 7.63. The van der Waals surface area contributed by atoms with Crippen LogP contribution in [0.5, 0.6) is 0 Å². The molecule has 2 heteroatoms. The Balaban J connectivity index is 2.92. The molecule has 2 nitrogen and oxygen atoms in total. The Labute approximate surface area is 84.6 Å². The number of nitriles is 1. The third kappa shape index (κ3) is 2.62. The fourth-order valence-corrected chi connectivity index (χ4v) is 1.10. The second-order valence-electron chi connectivity index (χ2n) is 2.97. The molecule has 1 aromatic carbocycles. The van der Waals surface area contributed by atoms with Crippen molar-refractivity contribution in [2.45, 2.75) is 6.92 Å². The van der Waals surface area contributed by atoms with Crippen molar-refractivity contribution >= 4 is 0 Å². The number of rotatable bonds is 1. The number of nitrogens with zero attached hydrogens (tertiary/aromatic N) is 1. The lowest BCUT2D eigenvalue weighted by molar-refractivity contribution is 0.938. The van der Waals surface area contributed by atoms with Crippen molar-refractivity contribution < 1.29 is 0 Å². The van der Waals surface area contributed by atoms with E-state index in [1.54, 1.807) is 6.07 Å². The van der Waals surface area contributed by atoms with E-state index in [0.29, 0.717) is 12.1 Å². The van der Waals surface area contributed by atoms with Gasteiger partial charge in [0.05, 0.1) is 18.2 Å². The summed E-state index contributed by atoms with van der Waals surface area (Å²) < 4.78 is 0. The van der Waals surface area contributed by atoms with Crippen LogP contribution in [0.4, 0.5) is 0 Å². The second-order valence-corrected chi connectivity index (χ2v) is 2.97. The first kappa shape index (κ1) is 10.3. The van der Waals surface area contributed by atoms with Crippen LogP contribution in [0.3, 0.4) is 0 Å². The molecule has 70 valence electrons. The van der Waals surface area contributed by atoms with Crippen LogP contribution in [-0.4, -0.2) is 13.6 Å². The molecule has 1 rings (SSSR count). The first-order valence-electron chi connectivity index (χ1n) is 4.42. The van der Waals surface area contributed by atoms with Gasteiger partial charge in [0.25, 0.3) is 0 Å². The van der Waals surface area contributed by atoms with Gasteiger partial charge in [-0.3, -0.25) is 0 Å². The molecule has 1 aromatic rings. The van der Waals surface area contributed by atoms with Gasteiger partial charge in [-0.15, -0.1) is 0 Å². The summed E-state index contributed by atoms with van der Waals surface area (Å²) in [6.07, 6.45) is 0. The Hall–Kier alpha value is -1.77. The number of aryl methyl sites for hydroxylation is 1. The van der Waals surface area contributed by atoms with Gasteiger partial charge in [-0.2, -0.15) is 5.26 Å². The van der Waals surface area contributed by atoms with E-state index in [0.717, 1.165) is 11.1 Å². The molecule has 0 aromatic heterocycles. The quantitative estimate of drug-likeness (QED) is 0.670. The van der Waals surface area contributed by atoms with Crippen LogP contribution >= 0.6 is 0 Å². The van der Waals surface area contributed by atoms with E-state index in [2.05, 4.69) is 23.2 Å². The molecule has 0 fully saturated rings. The molecule has 0 aliphatic heterocycles. The van der Waals surface area contributed by atoms with Crippen molar-refractivity contribution in [1.29, 1.82) is 5.26 Å². The van der Waals surface area contributed by atoms with Crippen LogP contribution < -0.4 is 5.32 Å². The lowest BCUT2D eigenvalue weighted by atomic mass is 10.1. The zero-order chi connectivity index (χ0) is 10.4. The Morgan fingerprint density at radius 1 is 1.43 bits per heavy atom. The molecular formula is C12H12N2. The Bertz CT molecular complexity index is 416. The highest BCUT2D eigenvalue weighted by molar-refractivity contribution is 5.45. The molecule has 0 saturated carbocycles. The molecule has 0 radical (unpaired) electrons. The van der Waals surface area contributed by atoms with Gasteiger partial charge >= 0.3 is 0 Å². The van der Waals surface area contributed by atoms with Crippen molar-refractivity contribution in [3.63, 3.8) is 0 Å². The molecule has 1 N–H and O–H groups in total. The highest BCUT2D eigenvalue weighted by atomic mass is 14.8. The van der Waals surface area contributed by atoms with Gasteiger partial charge < -0.3 is 5.32 Å². The van der Waals surface area contributed by atoms with E-state index in [1.165, 1.54) is 0 Å². The Kier molecular flexibility index (Phi) is 3.73. The van der Waals surface area contributed by atoms with Crippen molar-refractivity contribution in [3.8, 4) is 17.9 Å². The first-order valence-corrected chi connectivity index (χ1v) is 4.42. The van der Waals surface area contributed by atoms with E-state index in [9.17, 15) is 0 Å². The molecule has 0 saturated heterocycles. The van der Waals surface area contributed by atoms with E-state index in [4.69, 9.17) is 5.26 Å². The minimum Gasteiger partial charge on any atom is -0.309 e. The van der Waals surface area contributed by atoms with Crippen LogP contribution in [-0.2, 0) is 0 Å². The monoisotopic (exact) mass is 184 g/mol. The molecule has 0 heterocycles. The predicted molar refractivity (Wildman–Crippen MR) is 56.7 cm³/mol. The first-order chi connectivity index (χ1) is 6.77. The third-order valence-electron chi connectivity index (χ3n) is 1.84. The highest BCUT2D eigenvalue weighted by Gasteiger charge is 1.95. The fourth-order valence-electron chi connectivity index (χ4n) is 1.10. The SMILES string of the molecule is CNCC#Cc1ccc(C#N)cc1C. The molecule has 0 amide bonds. The normalized spacial score (nSPS) is 8.64. The maximum atomic E-state index is 8.67. The Morgan fingerprint density at radius 2 is 2.21 bits per heavy atom. The standard InChI is InChI=1S/C12H12N2/c1-10-8-11(9-13)5-6-12(10)4-3-7-14-2/h5-6,8,14H,7H2,1-2H3. The van der Waals surface area contributed by atoms with Crippen molar-refractivity contribution in [2.75, 3.05) is 13.6 Å². The molecule has 0 unspecified atom stereocenters. The van der Waals surface area contributed by atoms with E-state index >= 15 is 0 Å². The van der Waals surface area contributed by atoms with Gasteiger partial charge in [-0.05, 0) is 37.7 Å². The molecule has 0 aliphatic rings. The van der Waals surface area contributed by atoms with Gasteiger partial charge in [-0.25, -0.2) is 0 Å². The van der Waals surface area contributed by atoms with Gasteiger partial charge in [0.1, 0.15) is 0 Å².